The lowest BCUT2D eigenvalue weighted by Crippen LogP contribution is -2.30. The van der Waals surface area contributed by atoms with Crippen molar-refractivity contribution in [3.63, 3.8) is 0 Å². The number of anilines is 1. The predicted molar refractivity (Wildman–Crippen MR) is 70.8 cm³/mol. The number of fused-ring (bicyclic) bond motifs is 1. The second-order valence-electron chi connectivity index (χ2n) is 3.92. The molecule has 0 aliphatic carbocycles. The van der Waals surface area contributed by atoms with Crippen LogP contribution in [0.2, 0.25) is 0 Å². The van der Waals surface area contributed by atoms with Gasteiger partial charge in [0.1, 0.15) is 12.9 Å². The van der Waals surface area contributed by atoms with E-state index in [-0.39, 0.29) is 12.5 Å². The van der Waals surface area contributed by atoms with Gasteiger partial charge in [0, 0.05) is 7.05 Å². The number of tetrazole rings is 1. The lowest BCUT2D eigenvalue weighted by molar-refractivity contribution is -0.119. The fourth-order valence-electron chi connectivity index (χ4n) is 1.61. The Bertz CT molecular complexity index is 674. The van der Waals surface area contributed by atoms with E-state index < -0.39 is 0 Å². The molecule has 0 N–H and O–H groups in total. The van der Waals surface area contributed by atoms with Gasteiger partial charge in [-0.25, -0.2) is 9.67 Å². The van der Waals surface area contributed by atoms with Crippen LogP contribution in [-0.2, 0) is 11.3 Å². The highest BCUT2D eigenvalue weighted by Crippen LogP contribution is 2.27. The average molecular weight is 274 g/mol. The number of rotatable bonds is 3. The van der Waals surface area contributed by atoms with Crippen molar-refractivity contribution in [2.45, 2.75) is 6.54 Å². The van der Waals surface area contributed by atoms with Crippen LogP contribution >= 0.6 is 11.3 Å². The van der Waals surface area contributed by atoms with Crippen LogP contribution in [0.4, 0.5) is 5.13 Å². The number of para-hydroxylation sites is 1. The first-order chi connectivity index (χ1) is 9.24. The molecule has 0 unspecified atom stereocenters. The van der Waals surface area contributed by atoms with Crippen molar-refractivity contribution in [2.75, 3.05) is 11.9 Å². The summed E-state index contributed by atoms with van der Waals surface area (Å²) in [6.45, 7) is 0.0967. The maximum absolute atomic E-state index is 12.1. The van der Waals surface area contributed by atoms with Gasteiger partial charge in [0.15, 0.2) is 5.13 Å². The summed E-state index contributed by atoms with van der Waals surface area (Å²) in [5.74, 6) is -0.119. The molecule has 96 valence electrons. The second-order valence-corrected chi connectivity index (χ2v) is 4.93. The topological polar surface area (TPSA) is 76.8 Å². The van der Waals surface area contributed by atoms with Gasteiger partial charge in [0.25, 0.3) is 0 Å². The van der Waals surface area contributed by atoms with Crippen molar-refractivity contribution in [1.29, 1.82) is 0 Å². The number of hydrogen-bond acceptors (Lipinski definition) is 6. The van der Waals surface area contributed by atoms with Crippen molar-refractivity contribution in [3.05, 3.63) is 30.6 Å². The van der Waals surface area contributed by atoms with Crippen LogP contribution in [0.1, 0.15) is 0 Å². The number of carbonyl (C=O) groups is 1. The van der Waals surface area contributed by atoms with E-state index in [9.17, 15) is 4.79 Å². The van der Waals surface area contributed by atoms with E-state index in [1.54, 1.807) is 7.05 Å². The van der Waals surface area contributed by atoms with Crippen molar-refractivity contribution < 1.29 is 4.79 Å². The number of likely N-dealkylation sites (N-methyl/N-ethyl adjacent to an activating group) is 1. The maximum atomic E-state index is 12.1. The zero-order chi connectivity index (χ0) is 13.2. The van der Waals surface area contributed by atoms with Crippen LogP contribution in [0.3, 0.4) is 0 Å². The van der Waals surface area contributed by atoms with Crippen molar-refractivity contribution in [1.82, 2.24) is 25.2 Å². The third-order valence-corrected chi connectivity index (χ3v) is 3.75. The summed E-state index contributed by atoms with van der Waals surface area (Å²) in [6, 6.07) is 7.78. The highest BCUT2D eigenvalue weighted by atomic mass is 32.1. The molecule has 0 radical (unpaired) electrons. The number of amides is 1. The molecule has 19 heavy (non-hydrogen) atoms. The van der Waals surface area contributed by atoms with Gasteiger partial charge in [-0.1, -0.05) is 23.5 Å². The van der Waals surface area contributed by atoms with Crippen molar-refractivity contribution in [3.8, 4) is 0 Å². The molecule has 3 aromatic rings. The van der Waals surface area contributed by atoms with Gasteiger partial charge < -0.3 is 0 Å². The lowest BCUT2D eigenvalue weighted by atomic mass is 10.3. The largest absolute Gasteiger partial charge is 0.290 e. The maximum Gasteiger partial charge on any atom is 0.250 e. The smallest absolute Gasteiger partial charge is 0.250 e. The van der Waals surface area contributed by atoms with E-state index in [2.05, 4.69) is 20.5 Å². The summed E-state index contributed by atoms with van der Waals surface area (Å²) in [5, 5.41) is 11.3. The van der Waals surface area contributed by atoms with E-state index >= 15 is 0 Å². The Morgan fingerprint density at radius 3 is 3.00 bits per heavy atom. The summed E-state index contributed by atoms with van der Waals surface area (Å²) >= 11 is 1.48. The molecule has 1 amide bonds. The van der Waals surface area contributed by atoms with Crippen molar-refractivity contribution >= 4 is 32.6 Å². The molecule has 0 saturated heterocycles. The molecule has 0 aliphatic heterocycles. The number of nitrogens with zero attached hydrogens (tertiary/aromatic N) is 6. The van der Waals surface area contributed by atoms with Crippen LogP contribution in [0.25, 0.3) is 10.2 Å². The molecule has 1 aromatic carbocycles. The SMILES string of the molecule is CN(C(=O)Cn1cnnn1)c1nc2ccccc2s1. The molecule has 0 fully saturated rings. The quantitative estimate of drug-likeness (QED) is 0.710. The molecule has 7 nitrogen and oxygen atoms in total. The standard InChI is InChI=1S/C11H10N6OS/c1-16(10(18)6-17-7-12-14-15-17)11-13-8-4-2-3-5-9(8)19-11/h2-5,7H,6H2,1H3. The Kier molecular flexibility index (Phi) is 2.92. The van der Waals surface area contributed by atoms with Crippen LogP contribution in [0, 0.1) is 0 Å². The third-order valence-electron chi connectivity index (χ3n) is 2.63. The van der Waals surface area contributed by atoms with Gasteiger partial charge in [0.05, 0.1) is 10.2 Å². The summed E-state index contributed by atoms with van der Waals surface area (Å²) < 4.78 is 2.44. The zero-order valence-corrected chi connectivity index (χ0v) is 10.9. The predicted octanol–water partition coefficient (Wildman–Crippen LogP) is 0.946. The first kappa shape index (κ1) is 11.7. The minimum absolute atomic E-state index is 0.0967. The summed E-state index contributed by atoms with van der Waals surface area (Å²) in [7, 11) is 1.70. The Morgan fingerprint density at radius 1 is 1.42 bits per heavy atom. The molecular formula is C11H10N6OS. The zero-order valence-electron chi connectivity index (χ0n) is 10.1. The molecular weight excluding hydrogens is 264 g/mol. The first-order valence-corrected chi connectivity index (χ1v) is 6.38. The molecule has 0 spiro atoms. The normalized spacial score (nSPS) is 10.8. The highest BCUT2D eigenvalue weighted by Gasteiger charge is 2.16. The Labute approximate surface area is 112 Å². The average Bonchev–Trinajstić information content (AvgIpc) is 3.05. The van der Waals surface area contributed by atoms with Gasteiger partial charge in [-0.2, -0.15) is 0 Å². The monoisotopic (exact) mass is 274 g/mol. The molecule has 0 atom stereocenters. The lowest BCUT2D eigenvalue weighted by Gasteiger charge is -2.12. The van der Waals surface area contributed by atoms with Crippen LogP contribution < -0.4 is 4.90 Å². The Balaban J connectivity index is 1.82. The highest BCUT2D eigenvalue weighted by molar-refractivity contribution is 7.22. The molecule has 2 aromatic heterocycles. The Morgan fingerprint density at radius 2 is 2.26 bits per heavy atom. The van der Waals surface area contributed by atoms with E-state index in [0.29, 0.717) is 5.13 Å². The Hall–Kier alpha value is -2.35. The van der Waals surface area contributed by atoms with Gasteiger partial charge in [-0.15, -0.1) is 5.10 Å². The van der Waals surface area contributed by atoms with Crippen LogP contribution in [-0.4, -0.2) is 38.1 Å². The van der Waals surface area contributed by atoms with Crippen molar-refractivity contribution in [2.24, 2.45) is 0 Å². The first-order valence-electron chi connectivity index (χ1n) is 5.57. The molecule has 0 aliphatic rings. The van der Waals surface area contributed by atoms with Gasteiger partial charge >= 0.3 is 0 Å². The molecule has 2 heterocycles. The summed E-state index contributed by atoms with van der Waals surface area (Å²) in [4.78, 5) is 18.0. The van der Waals surface area contributed by atoms with Crippen LogP contribution in [0.15, 0.2) is 30.6 Å². The number of benzene rings is 1. The summed E-state index contributed by atoms with van der Waals surface area (Å²) in [6.07, 6.45) is 1.41. The number of hydrogen-bond donors (Lipinski definition) is 0. The number of thiazole rings is 1. The second kappa shape index (κ2) is 4.73. The van der Waals surface area contributed by atoms with Gasteiger partial charge in [-0.05, 0) is 22.6 Å². The number of carbonyl (C=O) groups excluding carboxylic acids is 1. The summed E-state index contributed by atoms with van der Waals surface area (Å²) in [5.41, 5.74) is 0.893. The minimum Gasteiger partial charge on any atom is -0.290 e. The molecule has 0 saturated carbocycles. The van der Waals surface area contributed by atoms with Gasteiger partial charge in [0.2, 0.25) is 5.91 Å². The molecule has 8 heteroatoms. The van der Waals surface area contributed by atoms with E-state index in [1.165, 1.54) is 27.2 Å². The fraction of sp³-hybridized carbons (Fsp3) is 0.182. The number of aromatic nitrogens is 5. The molecule has 3 rings (SSSR count). The van der Waals surface area contributed by atoms with E-state index in [4.69, 9.17) is 0 Å². The van der Waals surface area contributed by atoms with E-state index in [0.717, 1.165) is 10.2 Å². The third kappa shape index (κ3) is 2.29. The minimum atomic E-state index is -0.119. The van der Waals surface area contributed by atoms with E-state index in [1.807, 2.05) is 24.3 Å². The van der Waals surface area contributed by atoms with Gasteiger partial charge in [-0.3, -0.25) is 9.69 Å². The fourth-order valence-corrected chi connectivity index (χ4v) is 2.55. The molecule has 0 bridgehead atoms. The van der Waals surface area contributed by atoms with Crippen LogP contribution in [0.5, 0.6) is 0 Å².